The number of hydroxylamine groups is 1. The second kappa shape index (κ2) is 10.8. The van der Waals surface area contributed by atoms with Gasteiger partial charge in [-0.2, -0.15) is 31.8 Å². The van der Waals surface area contributed by atoms with E-state index in [4.69, 9.17) is 28.0 Å². The summed E-state index contributed by atoms with van der Waals surface area (Å²) in [5.74, 6) is -1.80. The molecule has 4 rings (SSSR count). The number of carbonyl (C=O) groups is 2. The summed E-state index contributed by atoms with van der Waals surface area (Å²) in [6.07, 6.45) is -10.0. The first-order valence-corrected chi connectivity index (χ1v) is 12.1. The first kappa shape index (κ1) is 28.9. The Labute approximate surface area is 227 Å². The summed E-state index contributed by atoms with van der Waals surface area (Å²) in [6.45, 7) is -2.25. The average molecular weight is 594 g/mol. The van der Waals surface area contributed by atoms with Gasteiger partial charge >= 0.3 is 12.4 Å². The highest BCUT2D eigenvalue weighted by Gasteiger charge is 2.62. The molecule has 0 aromatic heterocycles. The summed E-state index contributed by atoms with van der Waals surface area (Å²) < 4.78 is 80.1. The van der Waals surface area contributed by atoms with Crippen LogP contribution in [0.25, 0.3) is 10.8 Å². The van der Waals surface area contributed by atoms with Crippen LogP contribution in [-0.4, -0.2) is 37.3 Å². The number of hydrogen-bond donors (Lipinski definition) is 3. The Bertz CT molecular complexity index is 1400. The molecule has 6 nitrogen and oxygen atoms in total. The van der Waals surface area contributed by atoms with E-state index in [2.05, 4.69) is 10.8 Å². The van der Waals surface area contributed by atoms with Gasteiger partial charge in [-0.05, 0) is 46.2 Å². The summed E-state index contributed by atoms with van der Waals surface area (Å²) in [6, 6.07) is 11.8. The molecule has 3 aromatic carbocycles. The first-order chi connectivity index (χ1) is 18.2. The third kappa shape index (κ3) is 6.24. The molecule has 0 bridgehead atoms. The minimum Gasteiger partial charge on any atom is -0.345 e. The number of benzene rings is 3. The summed E-state index contributed by atoms with van der Waals surface area (Å²) in [7, 11) is 0. The van der Waals surface area contributed by atoms with Gasteiger partial charge in [-0.3, -0.25) is 14.4 Å². The molecule has 2 amide bonds. The molecule has 0 saturated carbocycles. The van der Waals surface area contributed by atoms with Gasteiger partial charge in [-0.1, -0.05) is 53.5 Å². The molecular formula is C25H19Cl2F6N3O3. The molecule has 1 heterocycles. The monoisotopic (exact) mass is 593 g/mol. The van der Waals surface area contributed by atoms with Crippen LogP contribution in [0.5, 0.6) is 0 Å². The predicted octanol–water partition coefficient (Wildman–Crippen LogP) is 5.98. The van der Waals surface area contributed by atoms with Crippen molar-refractivity contribution in [2.24, 2.45) is 0 Å². The minimum atomic E-state index is -4.86. The smallest absolute Gasteiger partial charge is 0.345 e. The minimum absolute atomic E-state index is 0.000998. The fourth-order valence-electron chi connectivity index (χ4n) is 4.36. The van der Waals surface area contributed by atoms with Crippen LogP contribution in [-0.2, 0) is 15.2 Å². The molecule has 14 heteroatoms. The second-order valence-corrected chi connectivity index (χ2v) is 9.65. The average Bonchev–Trinajstić information content (AvgIpc) is 3.31. The molecule has 1 saturated heterocycles. The van der Waals surface area contributed by atoms with Gasteiger partial charge < -0.3 is 10.6 Å². The SMILES string of the molecule is O=C(CNC(=O)c1ccc(C2CC(c3cc(Cl)cc(Cl)c3)(C(F)(F)F)ON2)c2ccccc12)NCC(F)(F)F. The van der Waals surface area contributed by atoms with E-state index in [0.29, 0.717) is 16.3 Å². The number of halogens is 8. The van der Waals surface area contributed by atoms with Gasteiger partial charge in [0.25, 0.3) is 5.91 Å². The second-order valence-electron chi connectivity index (χ2n) is 8.78. The molecule has 2 unspecified atom stereocenters. The van der Waals surface area contributed by atoms with E-state index in [1.54, 1.807) is 29.6 Å². The van der Waals surface area contributed by atoms with Gasteiger partial charge in [0, 0.05) is 22.0 Å². The Hall–Kier alpha value is -3.06. The largest absolute Gasteiger partial charge is 0.423 e. The normalized spacial score (nSPS) is 19.7. The van der Waals surface area contributed by atoms with Crippen LogP contribution in [0.4, 0.5) is 26.3 Å². The van der Waals surface area contributed by atoms with Crippen molar-refractivity contribution in [2.75, 3.05) is 13.1 Å². The Morgan fingerprint density at radius 3 is 2.21 bits per heavy atom. The van der Waals surface area contributed by atoms with Crippen molar-refractivity contribution < 1.29 is 40.8 Å². The van der Waals surface area contributed by atoms with E-state index >= 15 is 0 Å². The summed E-state index contributed by atoms with van der Waals surface area (Å²) in [4.78, 5) is 29.6. The van der Waals surface area contributed by atoms with E-state index in [1.165, 1.54) is 18.2 Å². The van der Waals surface area contributed by atoms with E-state index in [1.807, 2.05) is 0 Å². The summed E-state index contributed by atoms with van der Waals surface area (Å²) in [5, 5.41) is 4.67. The van der Waals surface area contributed by atoms with Crippen molar-refractivity contribution in [3.05, 3.63) is 81.3 Å². The van der Waals surface area contributed by atoms with Gasteiger partial charge in [-0.15, -0.1) is 0 Å². The van der Waals surface area contributed by atoms with Crippen LogP contribution >= 0.6 is 23.2 Å². The highest BCUT2D eigenvalue weighted by Crippen LogP contribution is 2.52. The molecule has 208 valence electrons. The number of rotatable bonds is 6. The zero-order valence-electron chi connectivity index (χ0n) is 19.6. The molecule has 39 heavy (non-hydrogen) atoms. The highest BCUT2D eigenvalue weighted by molar-refractivity contribution is 6.34. The van der Waals surface area contributed by atoms with Crippen molar-refractivity contribution in [1.29, 1.82) is 0 Å². The molecule has 0 aliphatic carbocycles. The summed E-state index contributed by atoms with van der Waals surface area (Å²) in [5.41, 5.74) is -0.130. The van der Waals surface area contributed by atoms with Crippen LogP contribution < -0.4 is 16.1 Å². The predicted molar refractivity (Wildman–Crippen MR) is 131 cm³/mol. The Balaban J connectivity index is 1.61. The Morgan fingerprint density at radius 2 is 1.59 bits per heavy atom. The van der Waals surface area contributed by atoms with E-state index in [-0.39, 0.29) is 21.2 Å². The lowest BCUT2D eigenvalue weighted by Crippen LogP contribution is -2.42. The molecule has 0 radical (unpaired) electrons. The van der Waals surface area contributed by atoms with Crippen molar-refractivity contribution in [3.8, 4) is 0 Å². The lowest BCUT2D eigenvalue weighted by Gasteiger charge is -2.30. The van der Waals surface area contributed by atoms with Crippen molar-refractivity contribution in [1.82, 2.24) is 16.1 Å². The fourth-order valence-corrected chi connectivity index (χ4v) is 4.88. The molecule has 1 aliphatic rings. The van der Waals surface area contributed by atoms with E-state index in [9.17, 15) is 35.9 Å². The number of nitrogens with one attached hydrogen (secondary N) is 3. The lowest BCUT2D eigenvalue weighted by molar-refractivity contribution is -0.282. The van der Waals surface area contributed by atoms with Gasteiger partial charge in [0.15, 0.2) is 0 Å². The maximum absolute atomic E-state index is 14.4. The molecule has 2 atom stereocenters. The molecule has 1 aliphatic heterocycles. The number of carbonyl (C=O) groups excluding carboxylic acids is 2. The third-order valence-electron chi connectivity index (χ3n) is 6.13. The van der Waals surface area contributed by atoms with Gasteiger partial charge in [0.1, 0.15) is 6.54 Å². The van der Waals surface area contributed by atoms with Crippen LogP contribution in [0.2, 0.25) is 10.0 Å². The van der Waals surface area contributed by atoms with Crippen LogP contribution in [0, 0.1) is 0 Å². The number of amides is 2. The number of alkyl halides is 6. The number of hydrogen-bond acceptors (Lipinski definition) is 4. The zero-order valence-corrected chi connectivity index (χ0v) is 21.2. The summed E-state index contributed by atoms with van der Waals surface area (Å²) >= 11 is 11.9. The van der Waals surface area contributed by atoms with Crippen LogP contribution in [0.1, 0.15) is 33.9 Å². The van der Waals surface area contributed by atoms with E-state index < -0.39 is 55.3 Å². The molecular weight excluding hydrogens is 575 g/mol. The highest BCUT2D eigenvalue weighted by atomic mass is 35.5. The van der Waals surface area contributed by atoms with Crippen LogP contribution in [0.15, 0.2) is 54.6 Å². The lowest BCUT2D eigenvalue weighted by atomic mass is 9.84. The van der Waals surface area contributed by atoms with E-state index in [0.717, 1.165) is 12.1 Å². The van der Waals surface area contributed by atoms with Crippen molar-refractivity contribution in [2.45, 2.75) is 30.4 Å². The van der Waals surface area contributed by atoms with Gasteiger partial charge in [0.2, 0.25) is 11.5 Å². The maximum atomic E-state index is 14.4. The fraction of sp³-hybridized carbons (Fsp3) is 0.280. The zero-order chi connectivity index (χ0) is 28.6. The standard InChI is InChI=1S/C25H19Cl2F6N3O3/c26-14-7-13(8-15(27)9-14)23(25(31,32)33)10-20(36-39-23)18-5-6-19(17-4-2-1-3-16(17)18)22(38)34-11-21(37)35-12-24(28,29)30/h1-9,20,36H,10-12H2,(H,34,38)(H,35,37). The Kier molecular flexibility index (Phi) is 8.04. The van der Waals surface area contributed by atoms with Gasteiger partial charge in [0.05, 0.1) is 12.6 Å². The quantitative estimate of drug-likeness (QED) is 0.307. The maximum Gasteiger partial charge on any atom is 0.423 e. The van der Waals surface area contributed by atoms with Crippen molar-refractivity contribution in [3.63, 3.8) is 0 Å². The molecule has 1 fully saturated rings. The molecule has 3 aromatic rings. The van der Waals surface area contributed by atoms with Crippen LogP contribution in [0.3, 0.4) is 0 Å². The Morgan fingerprint density at radius 1 is 0.949 bits per heavy atom. The first-order valence-electron chi connectivity index (χ1n) is 11.3. The molecule has 0 spiro atoms. The van der Waals surface area contributed by atoms with Crippen molar-refractivity contribution >= 4 is 45.8 Å². The van der Waals surface area contributed by atoms with Gasteiger partial charge in [-0.25, -0.2) is 0 Å². The number of fused-ring (bicyclic) bond motifs is 1. The topological polar surface area (TPSA) is 79.5 Å². The molecule has 3 N–H and O–H groups in total. The third-order valence-corrected chi connectivity index (χ3v) is 6.56.